The number of nitrogens with one attached hydrogen (secondary N) is 3. The predicted octanol–water partition coefficient (Wildman–Crippen LogP) is 4.05. The number of hydrogen-bond acceptors (Lipinski definition) is 3. The first kappa shape index (κ1) is 25.9. The molecule has 0 saturated carbocycles. The topological polar surface area (TPSA) is 74.8 Å². The maximum atomic E-state index is 11.9. The second-order valence-electron chi connectivity index (χ2n) is 5.75. The van der Waals surface area contributed by atoms with Gasteiger partial charge in [0.15, 0.2) is 5.96 Å². The quantitative estimate of drug-likeness (QED) is 0.172. The van der Waals surface area contributed by atoms with Gasteiger partial charge in [-0.3, -0.25) is 9.79 Å². The molecule has 0 aliphatic rings. The fraction of sp³-hybridized carbons (Fsp3) is 0.579. The van der Waals surface area contributed by atoms with Gasteiger partial charge >= 0.3 is 0 Å². The van der Waals surface area contributed by atoms with Crippen LogP contribution in [-0.4, -0.2) is 44.7 Å². The van der Waals surface area contributed by atoms with E-state index >= 15 is 0 Å². The minimum atomic E-state index is -0.0172. The zero-order valence-corrected chi connectivity index (χ0v) is 19.3. The lowest BCUT2D eigenvalue weighted by Crippen LogP contribution is -2.38. The summed E-state index contributed by atoms with van der Waals surface area (Å²) < 4.78 is 5.32. The van der Waals surface area contributed by atoms with Gasteiger partial charge in [0, 0.05) is 50.0 Å². The molecule has 0 unspecified atom stereocenters. The van der Waals surface area contributed by atoms with Crippen molar-refractivity contribution < 1.29 is 9.53 Å². The summed E-state index contributed by atoms with van der Waals surface area (Å²) in [6.45, 7) is 7.87. The number of unbranched alkanes of at least 4 members (excludes halogenated alkanes) is 1. The normalized spacial score (nSPS) is 10.9. The fourth-order valence-electron chi connectivity index (χ4n) is 2.21. The van der Waals surface area contributed by atoms with Crippen LogP contribution in [0.3, 0.4) is 0 Å². The van der Waals surface area contributed by atoms with Crippen LogP contribution in [0.15, 0.2) is 29.3 Å². The first-order valence-corrected chi connectivity index (χ1v) is 9.68. The summed E-state index contributed by atoms with van der Waals surface area (Å²) in [7, 11) is 0. The molecule has 3 N–H and O–H groups in total. The van der Waals surface area contributed by atoms with E-state index in [1.165, 1.54) is 0 Å². The van der Waals surface area contributed by atoms with E-state index in [2.05, 4.69) is 20.9 Å². The number of ether oxygens (including phenoxy) is 1. The molecule has 1 amide bonds. The number of hydrogen-bond donors (Lipinski definition) is 3. The molecule has 0 aromatic heterocycles. The van der Waals surface area contributed by atoms with Crippen molar-refractivity contribution in [2.75, 3.05) is 38.2 Å². The zero-order valence-electron chi connectivity index (χ0n) is 16.2. The van der Waals surface area contributed by atoms with Crippen molar-refractivity contribution in [1.82, 2.24) is 10.6 Å². The Balaban J connectivity index is 0.00000676. The van der Waals surface area contributed by atoms with Gasteiger partial charge in [-0.05, 0) is 57.4 Å². The second kappa shape index (κ2) is 17.1. The van der Waals surface area contributed by atoms with Crippen molar-refractivity contribution in [3.8, 4) is 0 Å². The number of guanidine groups is 1. The van der Waals surface area contributed by atoms with Gasteiger partial charge in [0.2, 0.25) is 5.91 Å². The molecule has 0 heterocycles. The Bertz CT molecular complexity index is 541. The molecule has 6 nitrogen and oxygen atoms in total. The Morgan fingerprint density at radius 1 is 1.11 bits per heavy atom. The smallest absolute Gasteiger partial charge is 0.224 e. The molecule has 0 fully saturated rings. The van der Waals surface area contributed by atoms with Gasteiger partial charge in [0.05, 0.1) is 0 Å². The van der Waals surface area contributed by atoms with Crippen LogP contribution >= 0.6 is 35.6 Å². The van der Waals surface area contributed by atoms with Gasteiger partial charge in [0.25, 0.3) is 0 Å². The SMILES string of the molecule is CCNC(=NCCCC(=O)Nc1ccc(Cl)cc1)NCCCCOCC.I. The first-order chi connectivity index (χ1) is 12.7. The molecule has 8 heteroatoms. The van der Waals surface area contributed by atoms with E-state index in [9.17, 15) is 4.79 Å². The van der Waals surface area contributed by atoms with Gasteiger partial charge in [0.1, 0.15) is 0 Å². The van der Waals surface area contributed by atoms with Crippen molar-refractivity contribution in [3.05, 3.63) is 29.3 Å². The Hall–Kier alpha value is -1.06. The van der Waals surface area contributed by atoms with Gasteiger partial charge in [-0.1, -0.05) is 11.6 Å². The van der Waals surface area contributed by atoms with Crippen molar-refractivity contribution in [2.45, 2.75) is 39.5 Å². The monoisotopic (exact) mass is 510 g/mol. The number of benzene rings is 1. The summed E-state index contributed by atoms with van der Waals surface area (Å²) >= 11 is 5.83. The molecule has 0 radical (unpaired) electrons. The standard InChI is InChI=1S/C19H31ClN4O2.HI/c1-3-21-19(22-13-5-6-15-26-4-2)23-14-7-8-18(25)24-17-11-9-16(20)10-12-17;/h9-12H,3-8,13-15H2,1-2H3,(H,24,25)(H2,21,22,23);1H. The van der Waals surface area contributed by atoms with Crippen LogP contribution in [-0.2, 0) is 9.53 Å². The van der Waals surface area contributed by atoms with E-state index in [-0.39, 0.29) is 29.9 Å². The van der Waals surface area contributed by atoms with Crippen molar-refractivity contribution in [3.63, 3.8) is 0 Å². The lowest BCUT2D eigenvalue weighted by atomic mass is 10.2. The van der Waals surface area contributed by atoms with E-state index in [0.717, 1.165) is 50.8 Å². The van der Waals surface area contributed by atoms with Gasteiger partial charge in [-0.15, -0.1) is 24.0 Å². The average Bonchev–Trinajstić information content (AvgIpc) is 2.63. The molecule has 0 spiro atoms. The summed E-state index contributed by atoms with van der Waals surface area (Å²) in [5.74, 6) is 0.776. The number of amides is 1. The molecular weight excluding hydrogens is 479 g/mol. The first-order valence-electron chi connectivity index (χ1n) is 9.31. The number of anilines is 1. The number of halogens is 2. The van der Waals surface area contributed by atoms with E-state index in [1.54, 1.807) is 24.3 Å². The number of rotatable bonds is 12. The lowest BCUT2D eigenvalue weighted by Gasteiger charge is -2.11. The van der Waals surface area contributed by atoms with Crippen molar-refractivity contribution >= 4 is 53.1 Å². The highest BCUT2D eigenvalue weighted by Crippen LogP contribution is 2.13. The molecule has 1 rings (SSSR count). The highest BCUT2D eigenvalue weighted by molar-refractivity contribution is 14.0. The van der Waals surface area contributed by atoms with E-state index in [1.807, 2.05) is 13.8 Å². The highest BCUT2D eigenvalue weighted by Gasteiger charge is 2.02. The third-order valence-electron chi connectivity index (χ3n) is 3.52. The van der Waals surface area contributed by atoms with Crippen LogP contribution in [0.25, 0.3) is 0 Å². The van der Waals surface area contributed by atoms with Gasteiger partial charge in [-0.25, -0.2) is 0 Å². The van der Waals surface area contributed by atoms with Crippen LogP contribution in [0.4, 0.5) is 5.69 Å². The van der Waals surface area contributed by atoms with Crippen LogP contribution < -0.4 is 16.0 Å². The third kappa shape index (κ3) is 13.7. The largest absolute Gasteiger partial charge is 0.382 e. The Kier molecular flexibility index (Phi) is 16.4. The predicted molar refractivity (Wildman–Crippen MR) is 124 cm³/mol. The lowest BCUT2D eigenvalue weighted by molar-refractivity contribution is -0.116. The number of carbonyl (C=O) groups is 1. The molecule has 1 aromatic carbocycles. The second-order valence-corrected chi connectivity index (χ2v) is 6.19. The van der Waals surface area contributed by atoms with E-state index in [0.29, 0.717) is 24.4 Å². The summed E-state index contributed by atoms with van der Waals surface area (Å²) in [6.07, 6.45) is 3.19. The van der Waals surface area contributed by atoms with Crippen molar-refractivity contribution in [2.24, 2.45) is 4.99 Å². The summed E-state index contributed by atoms with van der Waals surface area (Å²) in [5.41, 5.74) is 0.755. The number of nitrogens with zero attached hydrogens (tertiary/aromatic N) is 1. The van der Waals surface area contributed by atoms with Crippen LogP contribution in [0.1, 0.15) is 39.5 Å². The highest BCUT2D eigenvalue weighted by atomic mass is 127. The Labute approximate surface area is 184 Å². The maximum absolute atomic E-state index is 11.9. The third-order valence-corrected chi connectivity index (χ3v) is 3.77. The molecule has 0 aliphatic carbocycles. The van der Waals surface area contributed by atoms with Crippen LogP contribution in [0, 0.1) is 0 Å². The maximum Gasteiger partial charge on any atom is 0.224 e. The molecule has 154 valence electrons. The molecule has 0 saturated heterocycles. The number of carbonyl (C=O) groups excluding carboxylic acids is 1. The summed E-state index contributed by atoms with van der Waals surface area (Å²) in [4.78, 5) is 16.4. The Morgan fingerprint density at radius 2 is 1.85 bits per heavy atom. The number of aliphatic imine (C=N–C) groups is 1. The van der Waals surface area contributed by atoms with E-state index in [4.69, 9.17) is 16.3 Å². The summed E-state index contributed by atoms with van der Waals surface area (Å²) in [6, 6.07) is 7.09. The van der Waals surface area contributed by atoms with Gasteiger partial charge < -0.3 is 20.7 Å². The molecule has 1 aromatic rings. The van der Waals surface area contributed by atoms with Gasteiger partial charge in [-0.2, -0.15) is 0 Å². The minimum absolute atomic E-state index is 0. The molecule has 0 atom stereocenters. The molecule has 0 bridgehead atoms. The zero-order chi connectivity index (χ0) is 19.0. The average molecular weight is 511 g/mol. The van der Waals surface area contributed by atoms with Crippen molar-refractivity contribution in [1.29, 1.82) is 0 Å². The van der Waals surface area contributed by atoms with Crippen LogP contribution in [0.2, 0.25) is 5.02 Å². The Morgan fingerprint density at radius 3 is 2.52 bits per heavy atom. The molecule has 27 heavy (non-hydrogen) atoms. The van der Waals surface area contributed by atoms with E-state index < -0.39 is 0 Å². The minimum Gasteiger partial charge on any atom is -0.382 e. The fourth-order valence-corrected chi connectivity index (χ4v) is 2.34. The summed E-state index contributed by atoms with van der Waals surface area (Å²) in [5, 5.41) is 10.0. The molecular formula is C19H32ClIN4O2. The van der Waals surface area contributed by atoms with Crippen LogP contribution in [0.5, 0.6) is 0 Å². The molecule has 0 aliphatic heterocycles.